The van der Waals surface area contributed by atoms with Crippen LogP contribution in [-0.4, -0.2) is 28.2 Å². The number of aryl methyl sites for hydroxylation is 1. The quantitative estimate of drug-likeness (QED) is 0.848. The van der Waals surface area contributed by atoms with Crippen LogP contribution in [0.15, 0.2) is 6.33 Å². The number of fused-ring (bicyclic) bond motifs is 1. The lowest BCUT2D eigenvalue weighted by Gasteiger charge is -2.30. The number of hydrogen-bond donors (Lipinski definition) is 1. The predicted octanol–water partition coefficient (Wildman–Crippen LogP) is 1.94. The molecule has 0 bridgehead atoms. The molecular weight excluding hydrogens is 214 g/mol. The first kappa shape index (κ1) is 11.0. The van der Waals surface area contributed by atoms with Crippen LogP contribution in [-0.2, 0) is 17.6 Å². The summed E-state index contributed by atoms with van der Waals surface area (Å²) in [6.45, 7) is 5.17. The Hall–Kier alpha value is -1.16. The van der Waals surface area contributed by atoms with E-state index < -0.39 is 0 Å². The lowest BCUT2D eigenvalue weighted by atomic mass is 9.94. The summed E-state index contributed by atoms with van der Waals surface area (Å²) >= 11 is 0. The number of rotatable bonds is 2. The van der Waals surface area contributed by atoms with Gasteiger partial charge in [0.05, 0.1) is 11.6 Å². The summed E-state index contributed by atoms with van der Waals surface area (Å²) in [6, 6.07) is 0. The van der Waals surface area contributed by atoms with Gasteiger partial charge in [-0.25, -0.2) is 9.97 Å². The average molecular weight is 233 g/mol. The summed E-state index contributed by atoms with van der Waals surface area (Å²) in [5, 5.41) is 3.59. The van der Waals surface area contributed by atoms with Crippen molar-refractivity contribution in [3.63, 3.8) is 0 Å². The van der Waals surface area contributed by atoms with Gasteiger partial charge in [-0.15, -0.1) is 0 Å². The van der Waals surface area contributed by atoms with Crippen LogP contribution in [0, 0.1) is 0 Å². The normalized spacial score (nSPS) is 31.5. The van der Waals surface area contributed by atoms with Gasteiger partial charge >= 0.3 is 0 Å². The molecule has 2 aliphatic rings. The van der Waals surface area contributed by atoms with Gasteiger partial charge < -0.3 is 10.1 Å². The van der Waals surface area contributed by atoms with Crippen molar-refractivity contribution < 1.29 is 4.74 Å². The number of anilines is 1. The zero-order valence-electron chi connectivity index (χ0n) is 10.5. The average Bonchev–Trinajstić information content (AvgIpc) is 2.88. The SMILES string of the molecule is CC1OCCC1(C)Nc1ncnc2c1CCC2. The number of aromatic nitrogens is 2. The highest BCUT2D eigenvalue weighted by Crippen LogP contribution is 2.32. The van der Waals surface area contributed by atoms with Gasteiger partial charge in [0.15, 0.2) is 0 Å². The van der Waals surface area contributed by atoms with Crippen molar-refractivity contribution in [3.05, 3.63) is 17.6 Å². The Morgan fingerprint density at radius 1 is 1.41 bits per heavy atom. The molecule has 4 heteroatoms. The van der Waals surface area contributed by atoms with Crippen LogP contribution in [0.2, 0.25) is 0 Å². The van der Waals surface area contributed by atoms with E-state index >= 15 is 0 Å². The molecule has 1 aliphatic heterocycles. The molecule has 0 spiro atoms. The predicted molar refractivity (Wildman–Crippen MR) is 66.1 cm³/mol. The van der Waals surface area contributed by atoms with Gasteiger partial charge in [0.25, 0.3) is 0 Å². The van der Waals surface area contributed by atoms with Gasteiger partial charge in [-0.3, -0.25) is 0 Å². The fourth-order valence-corrected chi connectivity index (χ4v) is 2.74. The van der Waals surface area contributed by atoms with E-state index in [-0.39, 0.29) is 11.6 Å². The highest BCUT2D eigenvalue weighted by Gasteiger charge is 2.38. The van der Waals surface area contributed by atoms with E-state index in [1.165, 1.54) is 17.7 Å². The summed E-state index contributed by atoms with van der Waals surface area (Å²) in [7, 11) is 0. The van der Waals surface area contributed by atoms with Crippen molar-refractivity contribution >= 4 is 5.82 Å². The van der Waals surface area contributed by atoms with Crippen molar-refractivity contribution in [2.75, 3.05) is 11.9 Å². The Bertz CT molecular complexity index is 435. The minimum atomic E-state index is 0.00468. The Kier molecular flexibility index (Phi) is 2.54. The fourth-order valence-electron chi connectivity index (χ4n) is 2.74. The van der Waals surface area contributed by atoms with E-state index in [0.717, 1.165) is 31.7 Å². The van der Waals surface area contributed by atoms with Crippen LogP contribution in [0.4, 0.5) is 5.82 Å². The van der Waals surface area contributed by atoms with Crippen LogP contribution in [0.5, 0.6) is 0 Å². The molecule has 1 aliphatic carbocycles. The molecule has 2 atom stereocenters. The molecule has 17 heavy (non-hydrogen) atoms. The van der Waals surface area contributed by atoms with Crippen molar-refractivity contribution in [3.8, 4) is 0 Å². The van der Waals surface area contributed by atoms with Crippen molar-refractivity contribution in [1.29, 1.82) is 0 Å². The first-order valence-corrected chi connectivity index (χ1v) is 6.41. The summed E-state index contributed by atoms with van der Waals surface area (Å²) in [5.41, 5.74) is 2.54. The molecular formula is C13H19N3O. The third-order valence-electron chi connectivity index (χ3n) is 4.17. The third kappa shape index (κ3) is 1.80. The fraction of sp³-hybridized carbons (Fsp3) is 0.692. The molecule has 1 aromatic rings. The highest BCUT2D eigenvalue weighted by molar-refractivity contribution is 5.50. The largest absolute Gasteiger partial charge is 0.376 e. The lowest BCUT2D eigenvalue weighted by Crippen LogP contribution is -2.41. The van der Waals surface area contributed by atoms with Crippen LogP contribution in [0.3, 0.4) is 0 Å². The first-order valence-electron chi connectivity index (χ1n) is 6.41. The Morgan fingerprint density at radius 3 is 3.06 bits per heavy atom. The molecule has 4 nitrogen and oxygen atoms in total. The minimum absolute atomic E-state index is 0.00468. The maximum absolute atomic E-state index is 5.65. The van der Waals surface area contributed by atoms with E-state index in [0.29, 0.717) is 0 Å². The maximum Gasteiger partial charge on any atom is 0.133 e. The van der Waals surface area contributed by atoms with E-state index in [2.05, 4.69) is 29.1 Å². The van der Waals surface area contributed by atoms with Gasteiger partial charge in [-0.05, 0) is 39.5 Å². The number of ether oxygens (including phenoxy) is 1. The Labute approximate surface area is 102 Å². The van der Waals surface area contributed by atoms with Crippen LogP contribution in [0.1, 0.15) is 37.9 Å². The number of hydrogen-bond acceptors (Lipinski definition) is 4. The molecule has 0 amide bonds. The summed E-state index contributed by atoms with van der Waals surface area (Å²) in [5.74, 6) is 1.02. The molecule has 0 saturated carbocycles. The first-order chi connectivity index (χ1) is 8.19. The second kappa shape index (κ2) is 3.95. The van der Waals surface area contributed by atoms with Crippen LogP contribution >= 0.6 is 0 Å². The van der Waals surface area contributed by atoms with Gasteiger partial charge in [0, 0.05) is 17.9 Å². The van der Waals surface area contributed by atoms with Gasteiger partial charge in [0.2, 0.25) is 0 Å². The van der Waals surface area contributed by atoms with Crippen molar-refractivity contribution in [2.45, 2.75) is 51.2 Å². The zero-order valence-corrected chi connectivity index (χ0v) is 10.5. The van der Waals surface area contributed by atoms with Gasteiger partial charge in [-0.2, -0.15) is 0 Å². The molecule has 1 fully saturated rings. The zero-order chi connectivity index (χ0) is 11.9. The lowest BCUT2D eigenvalue weighted by molar-refractivity contribution is 0.105. The van der Waals surface area contributed by atoms with Crippen molar-refractivity contribution in [2.24, 2.45) is 0 Å². The number of nitrogens with one attached hydrogen (secondary N) is 1. The van der Waals surface area contributed by atoms with E-state index in [4.69, 9.17) is 4.74 Å². The van der Waals surface area contributed by atoms with Crippen LogP contribution < -0.4 is 5.32 Å². The summed E-state index contributed by atoms with van der Waals surface area (Å²) in [6.07, 6.45) is 6.34. The molecule has 1 saturated heterocycles. The molecule has 1 aromatic heterocycles. The number of nitrogens with zero attached hydrogens (tertiary/aromatic N) is 2. The van der Waals surface area contributed by atoms with E-state index in [1.54, 1.807) is 6.33 Å². The second-order valence-electron chi connectivity index (χ2n) is 5.31. The van der Waals surface area contributed by atoms with Gasteiger partial charge in [0.1, 0.15) is 12.1 Å². The second-order valence-corrected chi connectivity index (χ2v) is 5.31. The van der Waals surface area contributed by atoms with Crippen LogP contribution in [0.25, 0.3) is 0 Å². The molecule has 2 unspecified atom stereocenters. The molecule has 0 aromatic carbocycles. The maximum atomic E-state index is 5.65. The summed E-state index contributed by atoms with van der Waals surface area (Å²) < 4.78 is 5.65. The Morgan fingerprint density at radius 2 is 2.29 bits per heavy atom. The molecule has 0 radical (unpaired) electrons. The molecule has 92 valence electrons. The standard InChI is InChI=1S/C13H19N3O/c1-9-13(2,6-7-17-9)16-12-10-4-3-5-11(10)14-8-15-12/h8-9H,3-7H2,1-2H3,(H,14,15,16). The van der Waals surface area contributed by atoms with E-state index in [1.807, 2.05) is 0 Å². The smallest absolute Gasteiger partial charge is 0.133 e. The molecule has 2 heterocycles. The van der Waals surface area contributed by atoms with Gasteiger partial charge in [-0.1, -0.05) is 0 Å². The summed E-state index contributed by atoms with van der Waals surface area (Å²) in [4.78, 5) is 8.77. The Balaban J connectivity index is 1.88. The topological polar surface area (TPSA) is 47.0 Å². The minimum Gasteiger partial charge on any atom is -0.376 e. The third-order valence-corrected chi connectivity index (χ3v) is 4.17. The highest BCUT2D eigenvalue weighted by atomic mass is 16.5. The van der Waals surface area contributed by atoms with E-state index in [9.17, 15) is 0 Å². The molecule has 3 rings (SSSR count). The molecule has 1 N–H and O–H groups in total. The monoisotopic (exact) mass is 233 g/mol. The van der Waals surface area contributed by atoms with Crippen molar-refractivity contribution in [1.82, 2.24) is 9.97 Å².